The van der Waals surface area contributed by atoms with Crippen LogP contribution < -0.4 is 4.74 Å². The van der Waals surface area contributed by atoms with Crippen molar-refractivity contribution in [2.24, 2.45) is 4.99 Å². The number of aliphatic imine (C=N–C) groups is 1. The summed E-state index contributed by atoms with van der Waals surface area (Å²) in [5.41, 5.74) is 1.80. The van der Waals surface area contributed by atoms with Crippen LogP contribution in [0.5, 0.6) is 5.75 Å². The van der Waals surface area contributed by atoms with Crippen molar-refractivity contribution in [2.75, 3.05) is 13.7 Å². The summed E-state index contributed by atoms with van der Waals surface area (Å²) in [4.78, 5) is 18.8. The van der Waals surface area contributed by atoms with Gasteiger partial charge in [0.2, 0.25) is 0 Å². The van der Waals surface area contributed by atoms with Gasteiger partial charge in [-0.05, 0) is 61.0 Å². The summed E-state index contributed by atoms with van der Waals surface area (Å²) in [7, 11) is 1.59. The molecule has 27 heavy (non-hydrogen) atoms. The summed E-state index contributed by atoms with van der Waals surface area (Å²) < 4.78 is 32.3. The van der Waals surface area contributed by atoms with Gasteiger partial charge in [-0.25, -0.2) is 13.8 Å². The van der Waals surface area contributed by atoms with Crippen molar-refractivity contribution in [3.8, 4) is 5.75 Å². The number of amides is 1. The van der Waals surface area contributed by atoms with Gasteiger partial charge in [0.15, 0.2) is 11.0 Å². The minimum absolute atomic E-state index is 0.0107. The molecule has 7 heteroatoms. The van der Waals surface area contributed by atoms with Crippen LogP contribution in [0.2, 0.25) is 0 Å². The molecule has 1 amide bonds. The molecule has 0 spiro atoms. The van der Waals surface area contributed by atoms with E-state index in [9.17, 15) is 13.6 Å². The van der Waals surface area contributed by atoms with Crippen LogP contribution in [0.1, 0.15) is 18.1 Å². The Labute approximate surface area is 160 Å². The van der Waals surface area contributed by atoms with Gasteiger partial charge in [0, 0.05) is 12.6 Å². The van der Waals surface area contributed by atoms with E-state index in [1.807, 2.05) is 32.0 Å². The van der Waals surface area contributed by atoms with Crippen molar-refractivity contribution < 1.29 is 18.3 Å². The third-order valence-electron chi connectivity index (χ3n) is 4.06. The van der Waals surface area contributed by atoms with Crippen molar-refractivity contribution in [1.82, 2.24) is 4.90 Å². The molecule has 0 aromatic heterocycles. The largest absolute Gasteiger partial charge is 0.496 e. The van der Waals surface area contributed by atoms with Gasteiger partial charge in [-0.1, -0.05) is 12.1 Å². The predicted octanol–water partition coefficient (Wildman–Crippen LogP) is 4.91. The molecule has 0 bridgehead atoms. The third-order valence-corrected chi connectivity index (χ3v) is 5.07. The topological polar surface area (TPSA) is 41.9 Å². The number of rotatable bonds is 4. The van der Waals surface area contributed by atoms with Crippen LogP contribution in [0.15, 0.2) is 46.3 Å². The highest BCUT2D eigenvalue weighted by Crippen LogP contribution is 2.35. The molecule has 0 radical (unpaired) electrons. The van der Waals surface area contributed by atoms with Crippen LogP contribution in [0.4, 0.5) is 14.5 Å². The Morgan fingerprint density at radius 2 is 2.00 bits per heavy atom. The lowest BCUT2D eigenvalue weighted by molar-refractivity contribution is -0.122. The van der Waals surface area contributed by atoms with Gasteiger partial charge in [-0.15, -0.1) is 0 Å². The average Bonchev–Trinajstić information content (AvgIpc) is 2.93. The number of aryl methyl sites for hydroxylation is 1. The van der Waals surface area contributed by atoms with Crippen molar-refractivity contribution in [2.45, 2.75) is 13.8 Å². The summed E-state index contributed by atoms with van der Waals surface area (Å²) in [5, 5.41) is 0.360. The molecule has 0 aliphatic carbocycles. The minimum Gasteiger partial charge on any atom is -0.496 e. The lowest BCUT2D eigenvalue weighted by atomic mass is 10.1. The normalized spacial score (nSPS) is 17.2. The standard InChI is InChI=1S/C20H18F2N2O2S/c1-4-24-19(25)18(10-13-6-5-12(2)17(9-13)26-3)27-20(24)23-16-8-7-14(21)11-15(16)22/h5-11H,4H2,1-3H3/b18-10+,23-20?. The Balaban J connectivity index is 1.96. The first-order valence-electron chi connectivity index (χ1n) is 8.32. The van der Waals surface area contributed by atoms with E-state index in [0.717, 1.165) is 40.8 Å². The summed E-state index contributed by atoms with van der Waals surface area (Å²) >= 11 is 1.16. The molecule has 2 aromatic rings. The molecule has 0 unspecified atom stereocenters. The highest BCUT2D eigenvalue weighted by molar-refractivity contribution is 8.18. The number of nitrogens with zero attached hydrogens (tertiary/aromatic N) is 2. The molecule has 1 saturated heterocycles. The fourth-order valence-electron chi connectivity index (χ4n) is 2.62. The molecule has 1 fully saturated rings. The third kappa shape index (κ3) is 4.03. The molecule has 0 saturated carbocycles. The number of likely N-dealkylation sites (N-methyl/N-ethyl adjacent to an activating group) is 1. The summed E-state index contributed by atoms with van der Waals surface area (Å²) in [6, 6.07) is 8.81. The Kier molecular flexibility index (Phi) is 5.60. The summed E-state index contributed by atoms with van der Waals surface area (Å²) in [6.45, 7) is 4.14. The van der Waals surface area contributed by atoms with Crippen LogP contribution in [0.25, 0.3) is 6.08 Å². The number of hydrogen-bond donors (Lipinski definition) is 0. The van der Waals surface area contributed by atoms with E-state index in [4.69, 9.17) is 4.74 Å². The fourth-order valence-corrected chi connectivity index (χ4v) is 3.68. The molecule has 2 aromatic carbocycles. The van der Waals surface area contributed by atoms with Crippen molar-refractivity contribution in [3.05, 3.63) is 64.1 Å². The van der Waals surface area contributed by atoms with E-state index in [0.29, 0.717) is 16.6 Å². The van der Waals surface area contributed by atoms with E-state index in [1.54, 1.807) is 13.2 Å². The summed E-state index contributed by atoms with van der Waals surface area (Å²) in [5.74, 6) is -0.919. The van der Waals surface area contributed by atoms with Crippen LogP contribution in [-0.4, -0.2) is 29.6 Å². The maximum Gasteiger partial charge on any atom is 0.266 e. The lowest BCUT2D eigenvalue weighted by Gasteiger charge is -2.12. The lowest BCUT2D eigenvalue weighted by Crippen LogP contribution is -2.28. The quantitative estimate of drug-likeness (QED) is 0.699. The monoisotopic (exact) mass is 388 g/mol. The highest BCUT2D eigenvalue weighted by Gasteiger charge is 2.32. The Hall–Kier alpha value is -2.67. The van der Waals surface area contributed by atoms with Crippen LogP contribution in [-0.2, 0) is 4.79 Å². The number of ether oxygens (including phenoxy) is 1. The van der Waals surface area contributed by atoms with Crippen LogP contribution in [0.3, 0.4) is 0 Å². The van der Waals surface area contributed by atoms with Gasteiger partial charge in [-0.3, -0.25) is 9.69 Å². The molecule has 1 aliphatic rings. The second-order valence-electron chi connectivity index (χ2n) is 5.88. The first kappa shape index (κ1) is 19.1. The SMILES string of the molecule is CCN1C(=O)/C(=C\c2ccc(C)c(OC)c2)SC1=Nc1ccc(F)cc1F. The molecule has 3 rings (SSSR count). The first-order valence-corrected chi connectivity index (χ1v) is 9.14. The average molecular weight is 388 g/mol. The van der Waals surface area contributed by atoms with Gasteiger partial charge in [0.05, 0.1) is 12.0 Å². The maximum atomic E-state index is 13.9. The molecule has 0 N–H and O–H groups in total. The Morgan fingerprint density at radius 3 is 2.67 bits per heavy atom. The number of hydrogen-bond acceptors (Lipinski definition) is 4. The van der Waals surface area contributed by atoms with Crippen LogP contribution >= 0.6 is 11.8 Å². The zero-order chi connectivity index (χ0) is 19.6. The van der Waals surface area contributed by atoms with Crippen LogP contribution in [0, 0.1) is 18.6 Å². The number of methoxy groups -OCH3 is 1. The number of amidine groups is 1. The summed E-state index contributed by atoms with van der Waals surface area (Å²) in [6.07, 6.45) is 1.75. The molecule has 140 valence electrons. The van der Waals surface area contributed by atoms with E-state index in [2.05, 4.69) is 4.99 Å². The second-order valence-corrected chi connectivity index (χ2v) is 6.89. The van der Waals surface area contributed by atoms with Gasteiger partial charge >= 0.3 is 0 Å². The number of carbonyl (C=O) groups is 1. The van der Waals surface area contributed by atoms with Gasteiger partial charge in [0.1, 0.15) is 17.3 Å². The molecule has 1 aliphatic heterocycles. The molecular formula is C20H18F2N2O2S. The van der Waals surface area contributed by atoms with E-state index in [-0.39, 0.29) is 11.6 Å². The van der Waals surface area contributed by atoms with E-state index < -0.39 is 11.6 Å². The Morgan fingerprint density at radius 1 is 1.22 bits per heavy atom. The van der Waals surface area contributed by atoms with Gasteiger partial charge in [0.25, 0.3) is 5.91 Å². The predicted molar refractivity (Wildman–Crippen MR) is 104 cm³/mol. The van der Waals surface area contributed by atoms with Crippen molar-refractivity contribution in [1.29, 1.82) is 0 Å². The zero-order valence-electron chi connectivity index (χ0n) is 15.1. The second kappa shape index (κ2) is 7.92. The minimum atomic E-state index is -0.771. The van der Waals surface area contributed by atoms with Gasteiger partial charge in [-0.2, -0.15) is 0 Å². The molecule has 0 atom stereocenters. The fraction of sp³-hybridized carbons (Fsp3) is 0.200. The number of benzene rings is 2. The molecule has 4 nitrogen and oxygen atoms in total. The molecular weight excluding hydrogens is 370 g/mol. The maximum absolute atomic E-state index is 13.9. The molecule has 1 heterocycles. The zero-order valence-corrected chi connectivity index (χ0v) is 15.9. The van der Waals surface area contributed by atoms with Crippen molar-refractivity contribution >= 4 is 34.6 Å². The first-order chi connectivity index (χ1) is 12.9. The van der Waals surface area contributed by atoms with E-state index >= 15 is 0 Å². The number of halogens is 2. The van der Waals surface area contributed by atoms with Crippen molar-refractivity contribution in [3.63, 3.8) is 0 Å². The van der Waals surface area contributed by atoms with E-state index in [1.165, 1.54) is 11.0 Å². The number of carbonyl (C=O) groups excluding carboxylic acids is 1. The smallest absolute Gasteiger partial charge is 0.266 e. The Bertz CT molecular complexity index is 957. The highest BCUT2D eigenvalue weighted by atomic mass is 32.2. The van der Waals surface area contributed by atoms with Gasteiger partial charge < -0.3 is 4.74 Å². The number of thioether (sulfide) groups is 1.